The summed E-state index contributed by atoms with van der Waals surface area (Å²) in [4.78, 5) is 13.0. The third-order valence-electron chi connectivity index (χ3n) is 5.14. The molecule has 0 unspecified atom stereocenters. The smallest absolute Gasteiger partial charge is 0.417 e. The van der Waals surface area contributed by atoms with Crippen LogP contribution < -0.4 is 9.47 Å². The molecule has 0 spiro atoms. The van der Waals surface area contributed by atoms with E-state index in [2.05, 4.69) is 0 Å². The fourth-order valence-electron chi connectivity index (χ4n) is 3.55. The lowest BCUT2D eigenvalue weighted by molar-refractivity contribution is -0.260. The predicted molar refractivity (Wildman–Crippen MR) is 116 cm³/mol. The minimum atomic E-state index is -4.89. The Bertz CT molecular complexity index is 931. The zero-order valence-electron chi connectivity index (χ0n) is 17.9. The fraction of sp³-hybridized carbons (Fsp3) is 0.320. The van der Waals surface area contributed by atoms with Crippen LogP contribution in [0.2, 0.25) is 0 Å². The first-order valence-corrected chi connectivity index (χ1v) is 10.4. The molecule has 0 radical (unpaired) electrons. The maximum Gasteiger partial charge on any atom is 0.417 e. The number of alkyl halides is 3. The predicted octanol–water partition coefficient (Wildman–Crippen LogP) is 5.61. The van der Waals surface area contributed by atoms with Gasteiger partial charge in [0.2, 0.25) is 0 Å². The van der Waals surface area contributed by atoms with Gasteiger partial charge in [-0.15, -0.1) is 0 Å². The summed E-state index contributed by atoms with van der Waals surface area (Å²) in [6.07, 6.45) is -3.71. The Morgan fingerprint density at radius 3 is 1.53 bits per heavy atom. The molecular formula is C25H25F3O4. The SMILES string of the molecule is CCOc1ccc(/C=C2/CC(O)(C(F)(F)F)C/C(=C/c3ccc(OCC)cc3)C2=O)cc1. The molecule has 0 atom stereocenters. The van der Waals surface area contributed by atoms with Gasteiger partial charge in [-0.1, -0.05) is 24.3 Å². The van der Waals surface area contributed by atoms with Gasteiger partial charge in [-0.05, 0) is 61.4 Å². The van der Waals surface area contributed by atoms with Crippen LogP contribution in [0.3, 0.4) is 0 Å². The number of rotatable bonds is 6. The summed E-state index contributed by atoms with van der Waals surface area (Å²) in [6.45, 7) is 4.65. The number of ketones is 1. The highest BCUT2D eigenvalue weighted by Crippen LogP contribution is 2.45. The first kappa shape index (κ1) is 23.6. The summed E-state index contributed by atoms with van der Waals surface area (Å²) in [5, 5.41) is 10.5. The molecule has 0 bridgehead atoms. The van der Waals surface area contributed by atoms with Crippen LogP contribution in [0.4, 0.5) is 13.2 Å². The molecule has 1 saturated carbocycles. The van der Waals surface area contributed by atoms with Gasteiger partial charge in [-0.25, -0.2) is 0 Å². The van der Waals surface area contributed by atoms with E-state index in [0.29, 0.717) is 35.8 Å². The second-order valence-electron chi connectivity index (χ2n) is 7.56. The molecule has 2 aromatic rings. The Balaban J connectivity index is 1.97. The van der Waals surface area contributed by atoms with E-state index < -0.39 is 30.4 Å². The van der Waals surface area contributed by atoms with Crippen molar-refractivity contribution in [1.82, 2.24) is 0 Å². The number of carbonyl (C=O) groups excluding carboxylic acids is 1. The lowest BCUT2D eigenvalue weighted by atomic mass is 9.76. The highest BCUT2D eigenvalue weighted by Gasteiger charge is 2.57. The second kappa shape index (κ2) is 9.61. The number of Topliss-reactive ketones (excluding diaryl/α,β-unsaturated/α-hetero) is 1. The Labute approximate surface area is 185 Å². The molecule has 0 amide bonds. The van der Waals surface area contributed by atoms with Crippen molar-refractivity contribution >= 4 is 17.9 Å². The van der Waals surface area contributed by atoms with E-state index in [1.807, 2.05) is 13.8 Å². The molecule has 7 heteroatoms. The molecule has 0 aromatic heterocycles. The Morgan fingerprint density at radius 1 is 0.844 bits per heavy atom. The average Bonchev–Trinajstić information content (AvgIpc) is 2.74. The number of aliphatic hydroxyl groups is 1. The van der Waals surface area contributed by atoms with Crippen LogP contribution in [-0.2, 0) is 4.79 Å². The van der Waals surface area contributed by atoms with Gasteiger partial charge in [0, 0.05) is 24.0 Å². The van der Waals surface area contributed by atoms with E-state index >= 15 is 0 Å². The number of hydrogen-bond donors (Lipinski definition) is 1. The molecule has 170 valence electrons. The molecule has 0 heterocycles. The molecule has 1 aliphatic carbocycles. The molecular weight excluding hydrogens is 421 g/mol. The van der Waals surface area contributed by atoms with Crippen LogP contribution in [0, 0.1) is 0 Å². The summed E-state index contributed by atoms with van der Waals surface area (Å²) in [6, 6.07) is 13.3. The molecule has 2 aromatic carbocycles. The van der Waals surface area contributed by atoms with Crippen LogP contribution in [0.15, 0.2) is 59.7 Å². The van der Waals surface area contributed by atoms with Crippen molar-refractivity contribution in [2.24, 2.45) is 0 Å². The van der Waals surface area contributed by atoms with Crippen LogP contribution in [0.25, 0.3) is 12.2 Å². The highest BCUT2D eigenvalue weighted by atomic mass is 19.4. The summed E-state index contributed by atoms with van der Waals surface area (Å²) in [5.41, 5.74) is -2.13. The van der Waals surface area contributed by atoms with Crippen molar-refractivity contribution in [2.45, 2.75) is 38.5 Å². The lowest BCUT2D eigenvalue weighted by Gasteiger charge is -2.35. The zero-order valence-corrected chi connectivity index (χ0v) is 17.9. The summed E-state index contributed by atoms with van der Waals surface area (Å²) in [5.74, 6) is 0.724. The molecule has 1 aliphatic rings. The molecule has 32 heavy (non-hydrogen) atoms. The zero-order chi connectivity index (χ0) is 23.4. The van der Waals surface area contributed by atoms with Crippen molar-refractivity contribution < 1.29 is 32.5 Å². The van der Waals surface area contributed by atoms with Crippen molar-refractivity contribution in [3.63, 3.8) is 0 Å². The van der Waals surface area contributed by atoms with Crippen LogP contribution in [-0.4, -0.2) is 35.9 Å². The minimum absolute atomic E-state index is 0.0996. The number of benzene rings is 2. The Hall–Kier alpha value is -3.06. The van der Waals surface area contributed by atoms with Crippen molar-refractivity contribution in [1.29, 1.82) is 0 Å². The van der Waals surface area contributed by atoms with Crippen molar-refractivity contribution in [3.05, 3.63) is 70.8 Å². The summed E-state index contributed by atoms with van der Waals surface area (Å²) >= 11 is 0. The first-order chi connectivity index (χ1) is 15.1. The quantitative estimate of drug-likeness (QED) is 0.587. The number of hydrogen-bond acceptors (Lipinski definition) is 4. The summed E-state index contributed by atoms with van der Waals surface area (Å²) < 4.78 is 51.8. The van der Waals surface area contributed by atoms with Gasteiger partial charge in [-0.2, -0.15) is 13.2 Å². The second-order valence-corrected chi connectivity index (χ2v) is 7.56. The van der Waals surface area contributed by atoms with Crippen LogP contribution >= 0.6 is 0 Å². The van der Waals surface area contributed by atoms with E-state index in [9.17, 15) is 23.1 Å². The van der Waals surface area contributed by atoms with Crippen LogP contribution in [0.1, 0.15) is 37.8 Å². The van der Waals surface area contributed by atoms with E-state index in [1.165, 1.54) is 12.2 Å². The molecule has 0 aliphatic heterocycles. The van der Waals surface area contributed by atoms with Gasteiger partial charge in [0.1, 0.15) is 11.5 Å². The standard InChI is InChI=1S/C25H25F3O4/c1-3-31-21-9-5-17(6-10-21)13-19-15-24(30,25(26,27)28)16-20(23(19)29)14-18-7-11-22(12-8-18)32-4-2/h5-14,30H,3-4,15-16H2,1-2H3/b19-13-,20-14-. The molecule has 1 fully saturated rings. The molecule has 1 N–H and O–H groups in total. The van der Waals surface area contributed by atoms with E-state index in [1.54, 1.807) is 48.5 Å². The lowest BCUT2D eigenvalue weighted by Crippen LogP contribution is -2.49. The maximum absolute atomic E-state index is 13.7. The largest absolute Gasteiger partial charge is 0.494 e. The van der Waals surface area contributed by atoms with E-state index in [0.717, 1.165) is 0 Å². The highest BCUT2D eigenvalue weighted by molar-refractivity contribution is 6.14. The van der Waals surface area contributed by atoms with Gasteiger partial charge in [0.05, 0.1) is 13.2 Å². The van der Waals surface area contributed by atoms with Crippen molar-refractivity contribution in [2.75, 3.05) is 13.2 Å². The molecule has 0 saturated heterocycles. The average molecular weight is 446 g/mol. The minimum Gasteiger partial charge on any atom is -0.494 e. The van der Waals surface area contributed by atoms with E-state index in [-0.39, 0.29) is 11.1 Å². The van der Waals surface area contributed by atoms with Gasteiger partial charge >= 0.3 is 6.18 Å². The van der Waals surface area contributed by atoms with Crippen molar-refractivity contribution in [3.8, 4) is 11.5 Å². The third-order valence-corrected chi connectivity index (χ3v) is 5.14. The van der Waals surface area contributed by atoms with E-state index in [4.69, 9.17) is 9.47 Å². The maximum atomic E-state index is 13.7. The number of carbonyl (C=O) groups is 1. The number of halogens is 3. The van der Waals surface area contributed by atoms with Gasteiger partial charge in [0.15, 0.2) is 11.4 Å². The molecule has 4 nitrogen and oxygen atoms in total. The van der Waals surface area contributed by atoms with Gasteiger partial charge < -0.3 is 14.6 Å². The first-order valence-electron chi connectivity index (χ1n) is 10.4. The Kier molecular flexibility index (Phi) is 7.09. The Morgan fingerprint density at radius 2 is 1.22 bits per heavy atom. The fourth-order valence-corrected chi connectivity index (χ4v) is 3.55. The third kappa shape index (κ3) is 5.40. The monoisotopic (exact) mass is 446 g/mol. The molecule has 3 rings (SSSR count). The van der Waals surface area contributed by atoms with Gasteiger partial charge in [-0.3, -0.25) is 4.79 Å². The number of ether oxygens (including phenoxy) is 2. The topological polar surface area (TPSA) is 55.8 Å². The van der Waals surface area contributed by atoms with Crippen LogP contribution in [0.5, 0.6) is 11.5 Å². The summed E-state index contributed by atoms with van der Waals surface area (Å²) in [7, 11) is 0. The van der Waals surface area contributed by atoms with Gasteiger partial charge in [0.25, 0.3) is 0 Å². The normalized spacial score (nSPS) is 21.8.